The predicted octanol–water partition coefficient (Wildman–Crippen LogP) is 2.52. The number of nitrogens with one attached hydrogen (secondary N) is 1. The van der Waals surface area contributed by atoms with Crippen molar-refractivity contribution in [3.8, 4) is 5.75 Å². The van der Waals surface area contributed by atoms with Gasteiger partial charge in [-0.25, -0.2) is 13.1 Å². The van der Waals surface area contributed by atoms with E-state index in [0.29, 0.717) is 31.7 Å². The molecule has 27 heavy (non-hydrogen) atoms. The third-order valence-electron chi connectivity index (χ3n) is 4.57. The van der Waals surface area contributed by atoms with Gasteiger partial charge in [0.15, 0.2) is 9.84 Å². The van der Waals surface area contributed by atoms with Gasteiger partial charge in [0.05, 0.1) is 29.8 Å². The summed E-state index contributed by atoms with van der Waals surface area (Å²) in [4.78, 5) is 12.4. The second-order valence-electron chi connectivity index (χ2n) is 6.76. The zero-order chi connectivity index (χ0) is 19.4. The summed E-state index contributed by atoms with van der Waals surface area (Å²) in [7, 11) is -3.02. The van der Waals surface area contributed by atoms with Gasteiger partial charge >= 0.3 is 0 Å². The third-order valence-corrected chi connectivity index (χ3v) is 6.32. The molecule has 1 aliphatic rings. The van der Waals surface area contributed by atoms with Crippen LogP contribution in [0.3, 0.4) is 0 Å². The normalized spacial score (nSPS) is 18.4. The summed E-state index contributed by atoms with van der Waals surface area (Å²) >= 11 is 0. The minimum atomic E-state index is -3.02. The van der Waals surface area contributed by atoms with Crippen molar-refractivity contribution in [2.75, 3.05) is 23.4 Å². The Morgan fingerprint density at radius 1 is 1.37 bits per heavy atom. The number of sulfone groups is 1. The Labute approximate surface area is 159 Å². The number of anilines is 1. The van der Waals surface area contributed by atoms with Crippen LogP contribution in [0.1, 0.15) is 37.1 Å². The van der Waals surface area contributed by atoms with E-state index < -0.39 is 9.84 Å². The summed E-state index contributed by atoms with van der Waals surface area (Å²) in [5.74, 6) is 1.45. The molecule has 1 aliphatic heterocycles. The number of ether oxygens (including phenoxy) is 1. The Morgan fingerprint density at radius 3 is 2.85 bits per heavy atom. The topological polar surface area (TPSA) is 90.3 Å². The highest BCUT2D eigenvalue weighted by Crippen LogP contribution is 2.27. The molecule has 146 valence electrons. The van der Waals surface area contributed by atoms with Crippen LogP contribution in [0.2, 0.25) is 0 Å². The molecular formula is C19H25N3O4S. The second kappa shape index (κ2) is 8.12. The zero-order valence-corrected chi connectivity index (χ0v) is 16.5. The van der Waals surface area contributed by atoms with Crippen molar-refractivity contribution in [2.24, 2.45) is 0 Å². The largest absolute Gasteiger partial charge is 0.494 e. The first-order valence-electron chi connectivity index (χ1n) is 9.15. The molecule has 8 heteroatoms. The van der Waals surface area contributed by atoms with Crippen molar-refractivity contribution < 1.29 is 17.9 Å². The van der Waals surface area contributed by atoms with Crippen molar-refractivity contribution in [1.29, 1.82) is 0 Å². The van der Waals surface area contributed by atoms with Gasteiger partial charge in [-0.2, -0.15) is 5.10 Å². The SMILES string of the molecule is CCOc1ccccc1CCC(=O)Nc1cc(C)nn1[C@H]1CCS(=O)(=O)C1. The summed E-state index contributed by atoms with van der Waals surface area (Å²) in [6, 6.07) is 9.24. The quantitative estimate of drug-likeness (QED) is 0.783. The summed E-state index contributed by atoms with van der Waals surface area (Å²) in [5, 5.41) is 7.27. The number of aromatic nitrogens is 2. The number of hydrogen-bond acceptors (Lipinski definition) is 5. The number of carbonyl (C=O) groups is 1. The van der Waals surface area contributed by atoms with E-state index >= 15 is 0 Å². The highest BCUT2D eigenvalue weighted by molar-refractivity contribution is 7.91. The van der Waals surface area contributed by atoms with Crippen LogP contribution in [0, 0.1) is 6.92 Å². The van der Waals surface area contributed by atoms with E-state index in [-0.39, 0.29) is 23.5 Å². The Kier molecular flexibility index (Phi) is 5.84. The zero-order valence-electron chi connectivity index (χ0n) is 15.6. The highest BCUT2D eigenvalue weighted by atomic mass is 32.2. The minimum absolute atomic E-state index is 0.0682. The lowest BCUT2D eigenvalue weighted by atomic mass is 10.1. The molecule has 1 saturated heterocycles. The molecule has 2 aromatic rings. The van der Waals surface area contributed by atoms with Crippen LogP contribution in [-0.4, -0.2) is 42.2 Å². The van der Waals surface area contributed by atoms with Gasteiger partial charge in [0.2, 0.25) is 5.91 Å². The summed E-state index contributed by atoms with van der Waals surface area (Å²) in [6.07, 6.45) is 1.39. The molecule has 7 nitrogen and oxygen atoms in total. The molecule has 3 rings (SSSR count). The number of aryl methyl sites for hydroxylation is 2. The van der Waals surface area contributed by atoms with Gasteiger partial charge < -0.3 is 10.1 Å². The molecule has 0 bridgehead atoms. The Balaban J connectivity index is 1.65. The van der Waals surface area contributed by atoms with Crippen molar-refractivity contribution in [3.05, 3.63) is 41.6 Å². The third kappa shape index (κ3) is 4.88. The Morgan fingerprint density at radius 2 is 2.15 bits per heavy atom. The second-order valence-corrected chi connectivity index (χ2v) is 8.99. The van der Waals surface area contributed by atoms with Crippen molar-refractivity contribution in [3.63, 3.8) is 0 Å². The average molecular weight is 391 g/mol. The van der Waals surface area contributed by atoms with Crippen molar-refractivity contribution in [2.45, 2.75) is 39.2 Å². The van der Waals surface area contributed by atoms with Gasteiger partial charge in [0.1, 0.15) is 11.6 Å². The lowest BCUT2D eigenvalue weighted by Gasteiger charge is -2.14. The molecule has 1 aromatic carbocycles. The lowest BCUT2D eigenvalue weighted by molar-refractivity contribution is -0.116. The number of para-hydroxylation sites is 1. The fourth-order valence-electron chi connectivity index (χ4n) is 3.32. The average Bonchev–Trinajstić information content (AvgIpc) is 3.16. The molecule has 1 amide bonds. The van der Waals surface area contributed by atoms with E-state index in [2.05, 4.69) is 10.4 Å². The number of carbonyl (C=O) groups excluding carboxylic acids is 1. The maximum absolute atomic E-state index is 12.4. The molecular weight excluding hydrogens is 366 g/mol. The van der Waals surface area contributed by atoms with E-state index in [1.54, 1.807) is 10.7 Å². The first kappa shape index (κ1) is 19.4. The molecule has 1 aromatic heterocycles. The standard InChI is InChI=1S/C19H25N3O4S/c1-3-26-17-7-5-4-6-15(17)8-9-19(23)20-18-12-14(2)21-22(18)16-10-11-27(24,25)13-16/h4-7,12,16H,3,8-11,13H2,1-2H3,(H,20,23)/t16-/m0/s1. The van der Waals surface area contributed by atoms with Crippen LogP contribution in [0.4, 0.5) is 5.82 Å². The molecule has 2 heterocycles. The number of nitrogens with zero attached hydrogens (tertiary/aromatic N) is 2. The number of amides is 1. The highest BCUT2D eigenvalue weighted by Gasteiger charge is 2.31. The number of benzene rings is 1. The Hall–Kier alpha value is -2.35. The Bertz CT molecular complexity index is 921. The molecule has 0 aliphatic carbocycles. The molecule has 0 radical (unpaired) electrons. The first-order valence-corrected chi connectivity index (χ1v) is 11.0. The van der Waals surface area contributed by atoms with Gasteiger partial charge in [-0.15, -0.1) is 0 Å². The van der Waals surface area contributed by atoms with Crippen LogP contribution in [-0.2, 0) is 21.1 Å². The van der Waals surface area contributed by atoms with Gasteiger partial charge in [0.25, 0.3) is 0 Å². The lowest BCUT2D eigenvalue weighted by Crippen LogP contribution is -2.19. The van der Waals surface area contributed by atoms with Crippen molar-refractivity contribution >= 4 is 21.6 Å². The molecule has 1 fully saturated rings. The van der Waals surface area contributed by atoms with Gasteiger partial charge in [-0.05, 0) is 38.3 Å². The maximum atomic E-state index is 12.4. The van der Waals surface area contributed by atoms with Crippen LogP contribution in [0.5, 0.6) is 5.75 Å². The molecule has 0 unspecified atom stereocenters. The molecule has 1 N–H and O–H groups in total. The van der Waals surface area contributed by atoms with Gasteiger partial charge in [-0.3, -0.25) is 4.79 Å². The minimum Gasteiger partial charge on any atom is -0.494 e. The van der Waals surface area contributed by atoms with Crippen LogP contribution in [0.15, 0.2) is 30.3 Å². The summed E-state index contributed by atoms with van der Waals surface area (Å²) < 4.78 is 30.8. The van der Waals surface area contributed by atoms with E-state index in [1.807, 2.05) is 38.1 Å². The van der Waals surface area contributed by atoms with Crippen LogP contribution >= 0.6 is 0 Å². The molecule has 0 spiro atoms. The fraction of sp³-hybridized carbons (Fsp3) is 0.474. The molecule has 0 saturated carbocycles. The number of rotatable bonds is 7. The fourth-order valence-corrected chi connectivity index (χ4v) is 5.01. The predicted molar refractivity (Wildman–Crippen MR) is 104 cm³/mol. The van der Waals surface area contributed by atoms with Gasteiger partial charge in [0, 0.05) is 12.5 Å². The van der Waals surface area contributed by atoms with Crippen LogP contribution < -0.4 is 10.1 Å². The molecule has 1 atom stereocenters. The summed E-state index contributed by atoms with van der Waals surface area (Å²) in [6.45, 7) is 4.33. The van der Waals surface area contributed by atoms with E-state index in [1.165, 1.54) is 0 Å². The number of hydrogen-bond donors (Lipinski definition) is 1. The van der Waals surface area contributed by atoms with E-state index in [4.69, 9.17) is 4.74 Å². The maximum Gasteiger partial charge on any atom is 0.225 e. The van der Waals surface area contributed by atoms with Crippen LogP contribution in [0.25, 0.3) is 0 Å². The summed E-state index contributed by atoms with van der Waals surface area (Å²) in [5.41, 5.74) is 1.73. The smallest absolute Gasteiger partial charge is 0.225 e. The first-order chi connectivity index (χ1) is 12.9. The van der Waals surface area contributed by atoms with E-state index in [0.717, 1.165) is 17.0 Å². The van der Waals surface area contributed by atoms with E-state index in [9.17, 15) is 13.2 Å². The van der Waals surface area contributed by atoms with Crippen molar-refractivity contribution in [1.82, 2.24) is 9.78 Å². The van der Waals surface area contributed by atoms with Gasteiger partial charge in [-0.1, -0.05) is 18.2 Å². The monoisotopic (exact) mass is 391 g/mol.